The van der Waals surface area contributed by atoms with Crippen LogP contribution in [0.3, 0.4) is 0 Å². The summed E-state index contributed by atoms with van der Waals surface area (Å²) < 4.78 is 5.54. The van der Waals surface area contributed by atoms with Crippen LogP contribution in [0.1, 0.15) is 12.8 Å². The molecule has 0 radical (unpaired) electrons. The maximum Gasteiger partial charge on any atom is 0.224 e. The number of nitrogens with zero attached hydrogens (tertiary/aromatic N) is 2. The lowest BCUT2D eigenvalue weighted by molar-refractivity contribution is 0.134. The standard InChI is InChI=1S/C12H15N3OS/c1-2-9(1)8-16-5-4-13-12-14-7-10-3-6-17-11(10)15-12/h3,6-7,9H,1-2,4-5,8H2,(H,13,14,15). The van der Waals surface area contributed by atoms with Gasteiger partial charge in [-0.25, -0.2) is 9.97 Å². The molecule has 1 aliphatic carbocycles. The molecule has 0 aliphatic heterocycles. The van der Waals surface area contributed by atoms with Gasteiger partial charge in [0, 0.05) is 24.7 Å². The van der Waals surface area contributed by atoms with Crippen molar-refractivity contribution in [2.75, 3.05) is 25.1 Å². The molecule has 1 aliphatic rings. The molecule has 0 amide bonds. The van der Waals surface area contributed by atoms with E-state index in [0.717, 1.165) is 35.9 Å². The van der Waals surface area contributed by atoms with Crippen molar-refractivity contribution in [3.05, 3.63) is 17.6 Å². The van der Waals surface area contributed by atoms with E-state index in [2.05, 4.69) is 15.3 Å². The molecule has 4 nitrogen and oxygen atoms in total. The van der Waals surface area contributed by atoms with Crippen LogP contribution in [0.5, 0.6) is 0 Å². The fraction of sp³-hybridized carbons (Fsp3) is 0.500. The predicted molar refractivity (Wildman–Crippen MR) is 69.4 cm³/mol. The molecule has 0 spiro atoms. The summed E-state index contributed by atoms with van der Waals surface area (Å²) in [5.74, 6) is 1.52. The molecule has 2 heterocycles. The average Bonchev–Trinajstić information content (AvgIpc) is 3.05. The molecule has 17 heavy (non-hydrogen) atoms. The van der Waals surface area contributed by atoms with E-state index in [4.69, 9.17) is 4.74 Å². The van der Waals surface area contributed by atoms with E-state index >= 15 is 0 Å². The van der Waals surface area contributed by atoms with Gasteiger partial charge in [0.15, 0.2) is 0 Å². The molecular weight excluding hydrogens is 234 g/mol. The Bertz CT molecular complexity index is 495. The maximum absolute atomic E-state index is 5.54. The zero-order valence-corrected chi connectivity index (χ0v) is 10.4. The summed E-state index contributed by atoms with van der Waals surface area (Å²) in [5, 5.41) is 6.31. The van der Waals surface area contributed by atoms with Gasteiger partial charge < -0.3 is 10.1 Å². The number of aromatic nitrogens is 2. The minimum Gasteiger partial charge on any atom is -0.379 e. The summed E-state index contributed by atoms with van der Waals surface area (Å²) in [6, 6.07) is 2.03. The molecule has 0 atom stereocenters. The Balaban J connectivity index is 1.46. The van der Waals surface area contributed by atoms with Gasteiger partial charge in [-0.15, -0.1) is 11.3 Å². The van der Waals surface area contributed by atoms with Gasteiger partial charge in [0.2, 0.25) is 5.95 Å². The Morgan fingerprint density at radius 2 is 2.41 bits per heavy atom. The lowest BCUT2D eigenvalue weighted by Gasteiger charge is -2.05. The van der Waals surface area contributed by atoms with Gasteiger partial charge in [0.05, 0.1) is 6.61 Å². The molecule has 0 unspecified atom stereocenters. The molecule has 1 N–H and O–H groups in total. The van der Waals surface area contributed by atoms with Crippen LogP contribution in [-0.4, -0.2) is 29.7 Å². The minimum absolute atomic E-state index is 0.690. The molecule has 2 aromatic heterocycles. The molecule has 1 saturated carbocycles. The largest absolute Gasteiger partial charge is 0.379 e. The number of ether oxygens (including phenoxy) is 1. The maximum atomic E-state index is 5.54. The summed E-state index contributed by atoms with van der Waals surface area (Å²) in [6.45, 7) is 2.40. The summed E-state index contributed by atoms with van der Waals surface area (Å²) in [4.78, 5) is 9.70. The molecule has 90 valence electrons. The van der Waals surface area contributed by atoms with Gasteiger partial charge in [0.1, 0.15) is 4.83 Å². The number of hydrogen-bond donors (Lipinski definition) is 1. The molecule has 1 fully saturated rings. The molecular formula is C12H15N3OS. The molecule has 2 aromatic rings. The lowest BCUT2D eigenvalue weighted by atomic mass is 10.4. The zero-order valence-electron chi connectivity index (χ0n) is 9.56. The molecule has 5 heteroatoms. The van der Waals surface area contributed by atoms with Gasteiger partial charge in [0.25, 0.3) is 0 Å². The van der Waals surface area contributed by atoms with Crippen LogP contribution in [0.2, 0.25) is 0 Å². The predicted octanol–water partition coefficient (Wildman–Crippen LogP) is 2.53. The Labute approximate surface area is 104 Å². The zero-order chi connectivity index (χ0) is 11.5. The van der Waals surface area contributed by atoms with E-state index in [9.17, 15) is 0 Å². The van der Waals surface area contributed by atoms with Gasteiger partial charge in [-0.05, 0) is 30.2 Å². The number of nitrogens with one attached hydrogen (secondary N) is 1. The normalized spacial score (nSPS) is 15.3. The van der Waals surface area contributed by atoms with Crippen molar-refractivity contribution in [2.24, 2.45) is 5.92 Å². The Kier molecular flexibility index (Phi) is 3.20. The van der Waals surface area contributed by atoms with Crippen molar-refractivity contribution in [1.82, 2.24) is 9.97 Å². The monoisotopic (exact) mass is 249 g/mol. The van der Waals surface area contributed by atoms with Crippen LogP contribution in [0.15, 0.2) is 17.6 Å². The second-order valence-corrected chi connectivity index (χ2v) is 5.21. The second kappa shape index (κ2) is 4.98. The van der Waals surface area contributed by atoms with E-state index in [0.29, 0.717) is 5.95 Å². The van der Waals surface area contributed by atoms with Crippen molar-refractivity contribution < 1.29 is 4.74 Å². The highest BCUT2D eigenvalue weighted by Crippen LogP contribution is 2.28. The summed E-state index contributed by atoms with van der Waals surface area (Å²) >= 11 is 1.64. The van der Waals surface area contributed by atoms with Crippen LogP contribution < -0.4 is 5.32 Å². The van der Waals surface area contributed by atoms with Crippen molar-refractivity contribution in [2.45, 2.75) is 12.8 Å². The van der Waals surface area contributed by atoms with Crippen molar-refractivity contribution in [3.8, 4) is 0 Å². The first kappa shape index (κ1) is 10.9. The lowest BCUT2D eigenvalue weighted by Crippen LogP contribution is -2.12. The Morgan fingerprint density at radius 3 is 3.29 bits per heavy atom. The number of rotatable bonds is 6. The smallest absolute Gasteiger partial charge is 0.224 e. The van der Waals surface area contributed by atoms with Gasteiger partial charge >= 0.3 is 0 Å². The first-order valence-electron chi connectivity index (χ1n) is 5.94. The summed E-state index contributed by atoms with van der Waals surface area (Å²) in [7, 11) is 0. The van der Waals surface area contributed by atoms with E-state index < -0.39 is 0 Å². The Morgan fingerprint density at radius 1 is 1.47 bits per heavy atom. The summed E-state index contributed by atoms with van der Waals surface area (Å²) in [5.41, 5.74) is 0. The van der Waals surface area contributed by atoms with Crippen molar-refractivity contribution in [3.63, 3.8) is 0 Å². The second-order valence-electron chi connectivity index (χ2n) is 4.32. The Hall–Kier alpha value is -1.20. The third kappa shape index (κ3) is 2.92. The van der Waals surface area contributed by atoms with Crippen LogP contribution in [0.4, 0.5) is 5.95 Å². The van der Waals surface area contributed by atoms with E-state index in [1.807, 2.05) is 17.6 Å². The molecule has 0 bridgehead atoms. The van der Waals surface area contributed by atoms with E-state index in [1.165, 1.54) is 12.8 Å². The van der Waals surface area contributed by atoms with E-state index in [1.54, 1.807) is 11.3 Å². The third-order valence-corrected chi connectivity index (χ3v) is 3.61. The van der Waals surface area contributed by atoms with Crippen molar-refractivity contribution in [1.29, 1.82) is 0 Å². The highest BCUT2D eigenvalue weighted by atomic mass is 32.1. The average molecular weight is 249 g/mol. The van der Waals surface area contributed by atoms with Gasteiger partial charge in [-0.3, -0.25) is 0 Å². The van der Waals surface area contributed by atoms with Crippen LogP contribution in [-0.2, 0) is 4.74 Å². The molecule has 0 saturated heterocycles. The number of hydrogen-bond acceptors (Lipinski definition) is 5. The highest BCUT2D eigenvalue weighted by molar-refractivity contribution is 7.16. The van der Waals surface area contributed by atoms with Crippen LogP contribution >= 0.6 is 11.3 Å². The SMILES string of the molecule is c1cc2cnc(NCCOCC3CC3)nc2s1. The quantitative estimate of drug-likeness (QED) is 0.799. The van der Waals surface area contributed by atoms with Gasteiger partial charge in [-0.2, -0.15) is 0 Å². The fourth-order valence-electron chi connectivity index (χ4n) is 1.61. The first-order chi connectivity index (χ1) is 8.42. The van der Waals surface area contributed by atoms with Crippen LogP contribution in [0.25, 0.3) is 10.2 Å². The fourth-order valence-corrected chi connectivity index (χ4v) is 2.35. The number of thiophene rings is 1. The van der Waals surface area contributed by atoms with Crippen LogP contribution in [0, 0.1) is 5.92 Å². The van der Waals surface area contributed by atoms with Gasteiger partial charge in [-0.1, -0.05) is 0 Å². The highest BCUT2D eigenvalue weighted by Gasteiger charge is 2.20. The molecule has 3 rings (SSSR count). The minimum atomic E-state index is 0.690. The topological polar surface area (TPSA) is 47.0 Å². The first-order valence-corrected chi connectivity index (χ1v) is 6.81. The number of anilines is 1. The third-order valence-electron chi connectivity index (χ3n) is 2.79. The molecule has 0 aromatic carbocycles. The summed E-state index contributed by atoms with van der Waals surface area (Å²) in [6.07, 6.45) is 4.53. The van der Waals surface area contributed by atoms with Crippen molar-refractivity contribution >= 4 is 27.5 Å². The van der Waals surface area contributed by atoms with E-state index in [-0.39, 0.29) is 0 Å². The number of fused-ring (bicyclic) bond motifs is 1.